The second kappa shape index (κ2) is 14.8. The Kier molecular flexibility index (Phi) is 11.8. The number of carboxylic acid groups (broad SMARTS) is 1. The number of amides is 3. The summed E-state index contributed by atoms with van der Waals surface area (Å²) in [7, 11) is 0. The van der Waals surface area contributed by atoms with Gasteiger partial charge in [-0.3, -0.25) is 19.4 Å². The molecule has 37 heavy (non-hydrogen) atoms. The molecule has 13 heteroatoms. The van der Waals surface area contributed by atoms with Gasteiger partial charge in [-0.05, 0) is 44.7 Å². The van der Waals surface area contributed by atoms with Crippen molar-refractivity contribution < 1.29 is 29.4 Å². The smallest absolute Gasteiger partial charge is 0.326 e. The number of nitrogens with two attached hydrogens (primary N) is 2. The molecule has 0 saturated carbocycles. The maximum Gasteiger partial charge on any atom is 0.326 e. The quantitative estimate of drug-likeness (QED) is 0.0769. The number of aliphatic hydroxyl groups is 1. The number of aliphatic hydroxyl groups excluding tert-OH is 1. The third-order valence-corrected chi connectivity index (χ3v) is 5.91. The number of hydrogen-bond acceptors (Lipinski definition) is 7. The highest BCUT2D eigenvalue weighted by Gasteiger charge is 2.33. The van der Waals surface area contributed by atoms with E-state index in [1.54, 1.807) is 24.3 Å². The Hall–Kier alpha value is -3.71. The topological polar surface area (TPSA) is 221 Å². The van der Waals surface area contributed by atoms with Crippen LogP contribution in [0.1, 0.15) is 38.2 Å². The predicted octanol–water partition coefficient (Wildman–Crippen LogP) is -2.05. The van der Waals surface area contributed by atoms with E-state index in [1.807, 2.05) is 6.07 Å². The van der Waals surface area contributed by atoms with E-state index in [4.69, 9.17) is 11.5 Å². The van der Waals surface area contributed by atoms with Gasteiger partial charge < -0.3 is 42.9 Å². The molecule has 1 aromatic rings. The highest BCUT2D eigenvalue weighted by atomic mass is 16.4. The summed E-state index contributed by atoms with van der Waals surface area (Å²) in [4.78, 5) is 54.2. The van der Waals surface area contributed by atoms with Gasteiger partial charge in [0.25, 0.3) is 0 Å². The third kappa shape index (κ3) is 10.1. The Labute approximate surface area is 215 Å². The van der Waals surface area contributed by atoms with Crippen LogP contribution in [0.3, 0.4) is 0 Å². The summed E-state index contributed by atoms with van der Waals surface area (Å²) in [5.41, 5.74) is 11.3. The van der Waals surface area contributed by atoms with Gasteiger partial charge in [0.05, 0.1) is 12.1 Å². The van der Waals surface area contributed by atoms with Crippen molar-refractivity contribution in [1.82, 2.24) is 21.3 Å². The Bertz CT molecular complexity index is 946. The van der Waals surface area contributed by atoms with E-state index in [1.165, 1.54) is 6.92 Å². The van der Waals surface area contributed by atoms with Crippen molar-refractivity contribution >= 4 is 29.7 Å². The first-order chi connectivity index (χ1) is 17.6. The summed E-state index contributed by atoms with van der Waals surface area (Å²) in [6.45, 7) is 2.18. The fourth-order valence-electron chi connectivity index (χ4n) is 3.92. The molecule has 1 fully saturated rings. The maximum atomic E-state index is 13.2. The second-order valence-corrected chi connectivity index (χ2v) is 8.97. The molecule has 0 radical (unpaired) electrons. The molecule has 5 unspecified atom stereocenters. The molecule has 3 amide bonds. The van der Waals surface area contributed by atoms with Crippen LogP contribution in [-0.4, -0.2) is 83.2 Å². The van der Waals surface area contributed by atoms with Crippen molar-refractivity contribution in [3.63, 3.8) is 0 Å². The normalized spacial score (nSPS) is 18.1. The Morgan fingerprint density at radius 2 is 1.78 bits per heavy atom. The van der Waals surface area contributed by atoms with Gasteiger partial charge in [0, 0.05) is 13.0 Å². The zero-order valence-corrected chi connectivity index (χ0v) is 20.9. The summed E-state index contributed by atoms with van der Waals surface area (Å²) >= 11 is 0. The van der Waals surface area contributed by atoms with Crippen molar-refractivity contribution in [3.05, 3.63) is 35.9 Å². The van der Waals surface area contributed by atoms with Crippen LogP contribution >= 0.6 is 0 Å². The number of carbonyl (C=O) groups excluding carboxylic acids is 3. The molecule has 1 aromatic carbocycles. The Morgan fingerprint density at radius 1 is 1.08 bits per heavy atom. The standard InChI is InChI=1S/C24H37N7O6/c1-14(32)19(22(35)29-17(23(36)37)10-6-12-28-24(25)26)31-21(34)18(13-15-7-3-2-4-8-15)30-20(33)16-9-5-11-27-16/h2-4,7-8,14,16-19,27,32H,5-6,9-13H2,1H3,(H,29,35)(H,30,33)(H,31,34)(H,36,37)(H4,25,26,28). The Morgan fingerprint density at radius 3 is 2.35 bits per heavy atom. The average molecular weight is 520 g/mol. The van der Waals surface area contributed by atoms with Crippen LogP contribution in [0.5, 0.6) is 0 Å². The van der Waals surface area contributed by atoms with Gasteiger partial charge in [-0.15, -0.1) is 0 Å². The van der Waals surface area contributed by atoms with Crippen molar-refractivity contribution in [2.24, 2.45) is 16.5 Å². The summed E-state index contributed by atoms with van der Waals surface area (Å²) in [5.74, 6) is -3.31. The lowest BCUT2D eigenvalue weighted by molar-refractivity contribution is -0.143. The predicted molar refractivity (Wildman–Crippen MR) is 136 cm³/mol. The molecule has 0 aliphatic carbocycles. The molecule has 1 heterocycles. The van der Waals surface area contributed by atoms with Gasteiger partial charge >= 0.3 is 5.97 Å². The minimum absolute atomic E-state index is 0.0272. The maximum absolute atomic E-state index is 13.2. The minimum atomic E-state index is -1.45. The number of carboxylic acids is 1. The van der Waals surface area contributed by atoms with Crippen LogP contribution in [0.4, 0.5) is 0 Å². The molecule has 0 aromatic heterocycles. The minimum Gasteiger partial charge on any atom is -0.480 e. The largest absolute Gasteiger partial charge is 0.480 e. The highest BCUT2D eigenvalue weighted by Crippen LogP contribution is 2.09. The SMILES string of the molecule is CC(O)C(NC(=O)C(Cc1ccccc1)NC(=O)C1CCCN1)C(=O)NC(CCCN=C(N)N)C(=O)O. The summed E-state index contributed by atoms with van der Waals surface area (Å²) in [6, 6.07) is 4.85. The molecule has 5 atom stereocenters. The Balaban J connectivity index is 2.10. The van der Waals surface area contributed by atoms with E-state index in [2.05, 4.69) is 26.3 Å². The number of aliphatic imine (C=N–C) groups is 1. The van der Waals surface area contributed by atoms with Crippen LogP contribution in [-0.2, 0) is 25.6 Å². The zero-order chi connectivity index (χ0) is 27.4. The number of benzene rings is 1. The van der Waals surface area contributed by atoms with Crippen LogP contribution in [0.2, 0.25) is 0 Å². The van der Waals surface area contributed by atoms with E-state index >= 15 is 0 Å². The summed E-state index contributed by atoms with van der Waals surface area (Å²) in [5, 5.41) is 30.3. The van der Waals surface area contributed by atoms with Gasteiger partial charge in [-0.1, -0.05) is 30.3 Å². The van der Waals surface area contributed by atoms with Gasteiger partial charge in [0.1, 0.15) is 18.1 Å². The fourth-order valence-corrected chi connectivity index (χ4v) is 3.92. The second-order valence-electron chi connectivity index (χ2n) is 8.97. The average Bonchev–Trinajstić information content (AvgIpc) is 3.39. The molecule has 0 bridgehead atoms. The lowest BCUT2D eigenvalue weighted by Gasteiger charge is -2.26. The molecule has 1 saturated heterocycles. The fraction of sp³-hybridized carbons (Fsp3) is 0.542. The number of guanidine groups is 1. The molecule has 0 spiro atoms. The summed E-state index contributed by atoms with van der Waals surface area (Å²) < 4.78 is 0. The lowest BCUT2D eigenvalue weighted by atomic mass is 10.0. The molecular formula is C24H37N7O6. The van der Waals surface area contributed by atoms with Crippen molar-refractivity contribution in [2.75, 3.05) is 13.1 Å². The van der Waals surface area contributed by atoms with Gasteiger partial charge in [-0.2, -0.15) is 0 Å². The van der Waals surface area contributed by atoms with E-state index in [0.29, 0.717) is 13.0 Å². The molecule has 13 nitrogen and oxygen atoms in total. The molecule has 204 valence electrons. The zero-order valence-electron chi connectivity index (χ0n) is 20.9. The van der Waals surface area contributed by atoms with Gasteiger partial charge in [-0.25, -0.2) is 4.79 Å². The number of nitrogens with zero attached hydrogens (tertiary/aromatic N) is 1. The first kappa shape index (κ1) is 29.5. The van der Waals surface area contributed by atoms with E-state index in [0.717, 1.165) is 12.0 Å². The number of nitrogens with one attached hydrogen (secondary N) is 4. The van der Waals surface area contributed by atoms with E-state index in [9.17, 15) is 29.4 Å². The van der Waals surface area contributed by atoms with Crippen LogP contribution in [0, 0.1) is 0 Å². The van der Waals surface area contributed by atoms with Gasteiger partial charge in [0.2, 0.25) is 17.7 Å². The third-order valence-electron chi connectivity index (χ3n) is 5.91. The van der Waals surface area contributed by atoms with Gasteiger partial charge in [0.15, 0.2) is 5.96 Å². The molecular weight excluding hydrogens is 482 g/mol. The van der Waals surface area contributed by atoms with E-state index < -0.39 is 48.1 Å². The number of hydrogen-bond donors (Lipinski definition) is 8. The molecule has 1 aliphatic heterocycles. The van der Waals surface area contributed by atoms with Crippen LogP contribution in [0.25, 0.3) is 0 Å². The molecule has 1 aliphatic rings. The molecule has 2 rings (SSSR count). The van der Waals surface area contributed by atoms with Crippen molar-refractivity contribution in [1.29, 1.82) is 0 Å². The number of rotatable bonds is 14. The van der Waals surface area contributed by atoms with E-state index in [-0.39, 0.29) is 37.7 Å². The van der Waals surface area contributed by atoms with Crippen LogP contribution < -0.4 is 32.7 Å². The first-order valence-electron chi connectivity index (χ1n) is 12.2. The highest BCUT2D eigenvalue weighted by molar-refractivity contribution is 5.94. The number of carbonyl (C=O) groups is 4. The summed E-state index contributed by atoms with van der Waals surface area (Å²) in [6.07, 6.45) is 0.603. The first-order valence-corrected chi connectivity index (χ1v) is 12.2. The molecule has 10 N–H and O–H groups in total. The number of aliphatic carboxylic acids is 1. The van der Waals surface area contributed by atoms with Crippen molar-refractivity contribution in [3.8, 4) is 0 Å². The monoisotopic (exact) mass is 519 g/mol. The lowest BCUT2D eigenvalue weighted by Crippen LogP contribution is -2.60. The van der Waals surface area contributed by atoms with Crippen molar-refractivity contribution in [2.45, 2.75) is 69.3 Å². The van der Waals surface area contributed by atoms with Crippen LogP contribution in [0.15, 0.2) is 35.3 Å².